The molecule has 0 saturated carbocycles. The van der Waals surface area contributed by atoms with Gasteiger partial charge >= 0.3 is 0 Å². The molecule has 2 heterocycles. The van der Waals surface area contributed by atoms with Crippen LogP contribution in [0.5, 0.6) is 0 Å². The fourth-order valence-corrected chi connectivity index (χ4v) is 2.84. The molecule has 2 aliphatic heterocycles. The number of hydrogen-bond donors (Lipinski definition) is 0. The lowest BCUT2D eigenvalue weighted by atomic mass is 10.1. The van der Waals surface area contributed by atoms with E-state index < -0.39 is 0 Å². The monoisotopic (exact) mass is 260 g/mol. The second-order valence-electron chi connectivity index (χ2n) is 5.36. The standard InChI is InChI=1S/C15H20N2O2/c1-16-8-9-17(15(18)14-7-4-10-19-14)13-6-3-2-5-12(13)11-16/h2-3,5-6,14H,4,7-11H2,1H3. The third-order valence-electron chi connectivity index (χ3n) is 3.90. The van der Waals surface area contributed by atoms with Crippen LogP contribution in [0.25, 0.3) is 0 Å². The molecule has 0 bridgehead atoms. The molecule has 4 nitrogen and oxygen atoms in total. The van der Waals surface area contributed by atoms with E-state index in [2.05, 4.69) is 18.0 Å². The maximum atomic E-state index is 12.6. The van der Waals surface area contributed by atoms with Gasteiger partial charge < -0.3 is 14.5 Å². The molecule has 1 fully saturated rings. The number of ether oxygens (including phenoxy) is 1. The maximum Gasteiger partial charge on any atom is 0.256 e. The zero-order valence-electron chi connectivity index (χ0n) is 11.3. The van der Waals surface area contributed by atoms with Crippen LogP contribution in [0.3, 0.4) is 0 Å². The molecule has 0 spiro atoms. The Morgan fingerprint density at radius 3 is 2.95 bits per heavy atom. The Morgan fingerprint density at radius 2 is 2.16 bits per heavy atom. The Morgan fingerprint density at radius 1 is 1.32 bits per heavy atom. The number of anilines is 1. The second-order valence-corrected chi connectivity index (χ2v) is 5.36. The minimum atomic E-state index is -0.239. The van der Waals surface area contributed by atoms with Crippen LogP contribution >= 0.6 is 0 Å². The summed E-state index contributed by atoms with van der Waals surface area (Å²) in [5.41, 5.74) is 2.26. The van der Waals surface area contributed by atoms with E-state index in [-0.39, 0.29) is 12.0 Å². The highest BCUT2D eigenvalue weighted by atomic mass is 16.5. The van der Waals surface area contributed by atoms with Crippen molar-refractivity contribution in [3.63, 3.8) is 0 Å². The number of likely N-dealkylation sites (N-methyl/N-ethyl adjacent to an activating group) is 1. The van der Waals surface area contributed by atoms with Crippen molar-refractivity contribution in [2.24, 2.45) is 0 Å². The highest BCUT2D eigenvalue weighted by molar-refractivity contribution is 5.97. The smallest absolute Gasteiger partial charge is 0.256 e. The minimum absolute atomic E-state index is 0.125. The van der Waals surface area contributed by atoms with Crippen LogP contribution < -0.4 is 4.90 Å². The lowest BCUT2D eigenvalue weighted by molar-refractivity contribution is -0.127. The fraction of sp³-hybridized carbons (Fsp3) is 0.533. The number of amides is 1. The molecule has 1 saturated heterocycles. The molecule has 0 radical (unpaired) electrons. The van der Waals surface area contributed by atoms with E-state index in [1.165, 1.54) is 5.56 Å². The second kappa shape index (κ2) is 5.31. The lowest BCUT2D eigenvalue weighted by Crippen LogP contribution is -2.41. The molecular weight excluding hydrogens is 240 g/mol. The first-order valence-electron chi connectivity index (χ1n) is 6.95. The molecule has 1 aromatic carbocycles. The van der Waals surface area contributed by atoms with Crippen LogP contribution in [-0.2, 0) is 16.1 Å². The number of carbonyl (C=O) groups is 1. The predicted octanol–water partition coefficient (Wildman–Crippen LogP) is 1.64. The number of carbonyl (C=O) groups excluding carboxylic acids is 1. The van der Waals surface area contributed by atoms with Gasteiger partial charge in [-0.25, -0.2) is 0 Å². The Hall–Kier alpha value is -1.39. The van der Waals surface area contributed by atoms with Gasteiger partial charge in [0.25, 0.3) is 5.91 Å². The molecule has 19 heavy (non-hydrogen) atoms. The van der Waals surface area contributed by atoms with Gasteiger partial charge in [-0.3, -0.25) is 4.79 Å². The molecule has 1 aromatic rings. The first kappa shape index (κ1) is 12.6. The SMILES string of the molecule is CN1CCN(C(=O)C2CCCO2)c2ccccc2C1. The van der Waals surface area contributed by atoms with E-state index in [1.807, 2.05) is 23.1 Å². The number of para-hydroxylation sites is 1. The number of nitrogens with zero attached hydrogens (tertiary/aromatic N) is 2. The van der Waals surface area contributed by atoms with Gasteiger partial charge in [-0.05, 0) is 31.5 Å². The van der Waals surface area contributed by atoms with Crippen molar-refractivity contribution in [3.05, 3.63) is 29.8 Å². The molecule has 3 rings (SSSR count). The summed E-state index contributed by atoms with van der Waals surface area (Å²) >= 11 is 0. The molecule has 0 aromatic heterocycles. The lowest BCUT2D eigenvalue weighted by Gasteiger charge is -2.25. The fourth-order valence-electron chi connectivity index (χ4n) is 2.84. The third-order valence-corrected chi connectivity index (χ3v) is 3.90. The highest BCUT2D eigenvalue weighted by Gasteiger charge is 2.31. The summed E-state index contributed by atoms with van der Waals surface area (Å²) in [7, 11) is 2.09. The van der Waals surface area contributed by atoms with Crippen molar-refractivity contribution in [2.45, 2.75) is 25.5 Å². The van der Waals surface area contributed by atoms with Crippen molar-refractivity contribution in [3.8, 4) is 0 Å². The van der Waals surface area contributed by atoms with Crippen molar-refractivity contribution in [1.82, 2.24) is 4.90 Å². The number of rotatable bonds is 1. The normalized spacial score (nSPS) is 24.1. The van der Waals surface area contributed by atoms with Crippen LogP contribution in [0.15, 0.2) is 24.3 Å². The van der Waals surface area contributed by atoms with E-state index in [0.717, 1.165) is 38.2 Å². The Bertz CT molecular complexity index is 469. The van der Waals surface area contributed by atoms with Gasteiger partial charge in [0.05, 0.1) is 0 Å². The molecule has 1 unspecified atom stereocenters. The number of fused-ring (bicyclic) bond motifs is 1. The molecule has 102 valence electrons. The summed E-state index contributed by atoms with van der Waals surface area (Å²) in [6.07, 6.45) is 1.61. The molecule has 1 atom stereocenters. The highest BCUT2D eigenvalue weighted by Crippen LogP contribution is 2.26. The first-order valence-corrected chi connectivity index (χ1v) is 6.95. The van der Waals surface area contributed by atoms with Crippen LogP contribution in [0.2, 0.25) is 0 Å². The van der Waals surface area contributed by atoms with Gasteiger partial charge in [0.1, 0.15) is 6.10 Å². The number of benzene rings is 1. The van der Waals surface area contributed by atoms with E-state index in [4.69, 9.17) is 4.74 Å². The molecule has 0 N–H and O–H groups in total. The summed E-state index contributed by atoms with van der Waals surface area (Å²) in [5, 5.41) is 0. The maximum absolute atomic E-state index is 12.6. The molecule has 1 amide bonds. The van der Waals surface area contributed by atoms with Crippen LogP contribution in [0, 0.1) is 0 Å². The summed E-state index contributed by atoms with van der Waals surface area (Å²) in [4.78, 5) is 16.8. The molecule has 0 aliphatic carbocycles. The molecule has 2 aliphatic rings. The summed E-state index contributed by atoms with van der Waals surface area (Å²) in [5.74, 6) is 0.125. The topological polar surface area (TPSA) is 32.8 Å². The zero-order valence-corrected chi connectivity index (χ0v) is 11.3. The molecular formula is C15H20N2O2. The number of hydrogen-bond acceptors (Lipinski definition) is 3. The Kier molecular flexibility index (Phi) is 3.53. The van der Waals surface area contributed by atoms with Gasteiger partial charge in [0.2, 0.25) is 0 Å². The van der Waals surface area contributed by atoms with Gasteiger partial charge in [-0.1, -0.05) is 18.2 Å². The summed E-state index contributed by atoms with van der Waals surface area (Å²) in [6.45, 7) is 3.25. The van der Waals surface area contributed by atoms with Crippen LogP contribution in [0.4, 0.5) is 5.69 Å². The Labute approximate surface area is 113 Å². The van der Waals surface area contributed by atoms with E-state index in [9.17, 15) is 4.79 Å². The van der Waals surface area contributed by atoms with Crippen molar-refractivity contribution in [1.29, 1.82) is 0 Å². The van der Waals surface area contributed by atoms with Crippen molar-refractivity contribution < 1.29 is 9.53 Å². The molecule has 4 heteroatoms. The third kappa shape index (κ3) is 2.51. The van der Waals surface area contributed by atoms with Gasteiger partial charge in [-0.15, -0.1) is 0 Å². The Balaban J connectivity index is 1.90. The predicted molar refractivity (Wildman–Crippen MR) is 74.1 cm³/mol. The van der Waals surface area contributed by atoms with Crippen LogP contribution in [0.1, 0.15) is 18.4 Å². The summed E-state index contributed by atoms with van der Waals surface area (Å²) in [6, 6.07) is 8.18. The van der Waals surface area contributed by atoms with Gasteiger partial charge in [-0.2, -0.15) is 0 Å². The van der Waals surface area contributed by atoms with Gasteiger partial charge in [0, 0.05) is 31.9 Å². The summed E-state index contributed by atoms with van der Waals surface area (Å²) < 4.78 is 5.55. The van der Waals surface area contributed by atoms with Gasteiger partial charge in [0.15, 0.2) is 0 Å². The largest absolute Gasteiger partial charge is 0.368 e. The van der Waals surface area contributed by atoms with Crippen molar-refractivity contribution >= 4 is 11.6 Å². The van der Waals surface area contributed by atoms with E-state index in [1.54, 1.807) is 0 Å². The minimum Gasteiger partial charge on any atom is -0.368 e. The van der Waals surface area contributed by atoms with E-state index in [0.29, 0.717) is 6.61 Å². The average Bonchev–Trinajstić information content (AvgIpc) is 2.89. The van der Waals surface area contributed by atoms with Crippen LogP contribution in [-0.4, -0.2) is 43.7 Å². The average molecular weight is 260 g/mol. The van der Waals surface area contributed by atoms with Crippen molar-refractivity contribution in [2.75, 3.05) is 31.6 Å². The zero-order chi connectivity index (χ0) is 13.2. The van der Waals surface area contributed by atoms with E-state index >= 15 is 0 Å². The quantitative estimate of drug-likeness (QED) is 0.769. The first-order chi connectivity index (χ1) is 9.25.